The van der Waals surface area contributed by atoms with Crippen LogP contribution in [0.4, 0.5) is 5.82 Å². The minimum absolute atomic E-state index is 0.0294. The van der Waals surface area contributed by atoms with Crippen molar-refractivity contribution in [2.75, 3.05) is 33.3 Å². The first-order valence-electron chi connectivity index (χ1n) is 9.79. The Labute approximate surface area is 177 Å². The van der Waals surface area contributed by atoms with Gasteiger partial charge in [-0.25, -0.2) is 9.59 Å². The fourth-order valence-electron chi connectivity index (χ4n) is 4.13. The van der Waals surface area contributed by atoms with Crippen molar-refractivity contribution >= 4 is 11.8 Å². The Kier molecular flexibility index (Phi) is 5.22. The van der Waals surface area contributed by atoms with Gasteiger partial charge in [-0.3, -0.25) is 14.3 Å². The highest BCUT2D eigenvalue weighted by Crippen LogP contribution is 2.47. The Morgan fingerprint density at radius 2 is 1.77 bits per heavy atom. The van der Waals surface area contributed by atoms with E-state index in [0.29, 0.717) is 52.9 Å². The molecule has 0 bridgehead atoms. The number of methoxy groups -OCH3 is 3. The van der Waals surface area contributed by atoms with Crippen LogP contribution in [0.25, 0.3) is 0 Å². The number of fused-ring (bicyclic) bond motifs is 1. The zero-order valence-electron chi connectivity index (χ0n) is 17.7. The van der Waals surface area contributed by atoms with Gasteiger partial charge in [-0.1, -0.05) is 6.92 Å². The molecule has 0 fully saturated rings. The van der Waals surface area contributed by atoms with E-state index in [4.69, 9.17) is 18.9 Å². The van der Waals surface area contributed by atoms with Crippen molar-refractivity contribution in [1.29, 1.82) is 0 Å². The first-order chi connectivity index (χ1) is 14.9. The van der Waals surface area contributed by atoms with Gasteiger partial charge in [-0.05, 0) is 24.1 Å². The maximum Gasteiger partial charge on any atom is 0.337 e. The van der Waals surface area contributed by atoms with E-state index < -0.39 is 23.1 Å². The van der Waals surface area contributed by atoms with Gasteiger partial charge in [0.1, 0.15) is 12.4 Å². The van der Waals surface area contributed by atoms with Crippen LogP contribution in [0.1, 0.15) is 30.4 Å². The molecule has 0 aliphatic carbocycles. The molecule has 164 valence electrons. The number of cyclic esters (lactones) is 1. The van der Waals surface area contributed by atoms with Gasteiger partial charge in [0.2, 0.25) is 5.75 Å². The van der Waals surface area contributed by atoms with E-state index in [9.17, 15) is 14.4 Å². The molecule has 31 heavy (non-hydrogen) atoms. The Hall–Kier alpha value is -3.69. The highest BCUT2D eigenvalue weighted by atomic mass is 16.5. The number of H-pyrrole nitrogens is 1. The second kappa shape index (κ2) is 7.86. The molecule has 0 saturated carbocycles. The van der Waals surface area contributed by atoms with Crippen LogP contribution in [0.5, 0.6) is 17.2 Å². The lowest BCUT2D eigenvalue weighted by Gasteiger charge is -2.28. The first-order valence-corrected chi connectivity index (χ1v) is 9.79. The monoisotopic (exact) mass is 429 g/mol. The van der Waals surface area contributed by atoms with Crippen LogP contribution in [-0.4, -0.2) is 43.5 Å². The molecule has 1 atom stereocenters. The van der Waals surface area contributed by atoms with Gasteiger partial charge in [-0.2, -0.15) is 0 Å². The molecule has 10 nitrogen and oxygen atoms in total. The van der Waals surface area contributed by atoms with Crippen molar-refractivity contribution < 1.29 is 23.7 Å². The summed E-state index contributed by atoms with van der Waals surface area (Å²) in [6, 6.07) is 3.37. The summed E-state index contributed by atoms with van der Waals surface area (Å²) in [6.07, 6.45) is 0.677. The number of nitrogens with one attached hydrogen (secondary N) is 2. The Morgan fingerprint density at radius 3 is 2.35 bits per heavy atom. The number of anilines is 1. The summed E-state index contributed by atoms with van der Waals surface area (Å²) >= 11 is 0. The van der Waals surface area contributed by atoms with Gasteiger partial charge < -0.3 is 24.3 Å². The van der Waals surface area contributed by atoms with Crippen molar-refractivity contribution in [3.05, 3.63) is 55.4 Å². The van der Waals surface area contributed by atoms with Crippen LogP contribution in [0.15, 0.2) is 33.0 Å². The molecular formula is C21H23N3O7. The molecule has 2 aliphatic rings. The molecular weight excluding hydrogens is 406 g/mol. The number of hydrogen-bond acceptors (Lipinski definition) is 8. The van der Waals surface area contributed by atoms with E-state index in [2.05, 4.69) is 10.3 Å². The number of ether oxygens (including phenoxy) is 4. The zero-order chi connectivity index (χ0) is 22.3. The topological polar surface area (TPSA) is 121 Å². The standard InChI is InChI=1S/C21H23N3O7/c1-5-6-24-18-16(19(25)23-21(24)27)14(15-11(22-18)9-31-20(15)26)10-7-12(28-2)17(30-4)13(8-10)29-3/h7-8,14,22H,5-6,9H2,1-4H3,(H,23,25,27)/t14-/m0/s1. The second-order valence-electron chi connectivity index (χ2n) is 7.16. The van der Waals surface area contributed by atoms with E-state index in [1.165, 1.54) is 25.9 Å². The third-order valence-electron chi connectivity index (χ3n) is 5.44. The predicted molar refractivity (Wildman–Crippen MR) is 111 cm³/mol. The SMILES string of the molecule is CCCn1c2c(c(=O)[nH]c1=O)[C@@H](c1cc(OC)c(OC)c(OC)c1)C1=C(COC1=O)N2. The maximum absolute atomic E-state index is 13.0. The van der Waals surface area contributed by atoms with Gasteiger partial charge in [0, 0.05) is 6.54 Å². The van der Waals surface area contributed by atoms with E-state index in [1.54, 1.807) is 12.1 Å². The molecule has 2 aromatic rings. The van der Waals surface area contributed by atoms with Crippen LogP contribution in [0.2, 0.25) is 0 Å². The molecule has 1 aromatic heterocycles. The zero-order valence-corrected chi connectivity index (χ0v) is 17.7. The fraction of sp³-hybridized carbons (Fsp3) is 0.381. The lowest BCUT2D eigenvalue weighted by Crippen LogP contribution is -2.38. The largest absolute Gasteiger partial charge is 0.493 e. The summed E-state index contributed by atoms with van der Waals surface area (Å²) in [5.74, 6) is 0.178. The number of rotatable bonds is 6. The second-order valence-corrected chi connectivity index (χ2v) is 7.16. The van der Waals surface area contributed by atoms with Gasteiger partial charge in [0.15, 0.2) is 11.5 Å². The molecule has 0 amide bonds. The van der Waals surface area contributed by atoms with Crippen LogP contribution in [-0.2, 0) is 16.1 Å². The maximum atomic E-state index is 13.0. The fourth-order valence-corrected chi connectivity index (χ4v) is 4.13. The number of esters is 1. The summed E-state index contributed by atoms with van der Waals surface area (Å²) in [5.41, 5.74) is 0.552. The number of nitrogens with zero attached hydrogens (tertiary/aromatic N) is 1. The van der Waals surface area contributed by atoms with Crippen molar-refractivity contribution in [3.63, 3.8) is 0 Å². The summed E-state index contributed by atoms with van der Waals surface area (Å²) < 4.78 is 23.0. The highest BCUT2D eigenvalue weighted by Gasteiger charge is 2.42. The molecule has 0 spiro atoms. The summed E-state index contributed by atoms with van der Waals surface area (Å²) in [4.78, 5) is 40.5. The number of benzene rings is 1. The molecule has 2 N–H and O–H groups in total. The van der Waals surface area contributed by atoms with E-state index in [-0.39, 0.29) is 12.2 Å². The van der Waals surface area contributed by atoms with Crippen molar-refractivity contribution in [2.24, 2.45) is 0 Å². The van der Waals surface area contributed by atoms with Crippen LogP contribution in [0, 0.1) is 0 Å². The Balaban J connectivity index is 2.05. The van der Waals surface area contributed by atoms with Gasteiger partial charge in [-0.15, -0.1) is 0 Å². The highest BCUT2D eigenvalue weighted by molar-refractivity contribution is 5.97. The lowest BCUT2D eigenvalue weighted by atomic mass is 9.82. The Bertz CT molecular complexity index is 1180. The van der Waals surface area contributed by atoms with E-state index in [1.807, 2.05) is 6.92 Å². The normalized spacial score (nSPS) is 16.9. The van der Waals surface area contributed by atoms with Crippen molar-refractivity contribution in [3.8, 4) is 17.2 Å². The minimum Gasteiger partial charge on any atom is -0.493 e. The Morgan fingerprint density at radius 1 is 1.10 bits per heavy atom. The average molecular weight is 429 g/mol. The average Bonchev–Trinajstić information content (AvgIpc) is 3.14. The summed E-state index contributed by atoms with van der Waals surface area (Å²) in [6.45, 7) is 2.35. The third kappa shape index (κ3) is 3.15. The molecule has 3 heterocycles. The number of carbonyl (C=O) groups excluding carboxylic acids is 1. The van der Waals surface area contributed by atoms with Crippen molar-refractivity contribution in [2.45, 2.75) is 25.8 Å². The lowest BCUT2D eigenvalue weighted by molar-refractivity contribution is -0.136. The summed E-state index contributed by atoms with van der Waals surface area (Å²) in [5, 5.41) is 3.09. The van der Waals surface area contributed by atoms with Crippen LogP contribution in [0.3, 0.4) is 0 Å². The molecule has 0 radical (unpaired) electrons. The van der Waals surface area contributed by atoms with Crippen molar-refractivity contribution in [1.82, 2.24) is 9.55 Å². The van der Waals surface area contributed by atoms with Crippen LogP contribution < -0.4 is 30.8 Å². The number of carbonyl (C=O) groups is 1. The number of aromatic amines is 1. The first kappa shape index (κ1) is 20.6. The predicted octanol–water partition coefficient (Wildman–Crippen LogP) is 1.34. The summed E-state index contributed by atoms with van der Waals surface area (Å²) in [7, 11) is 4.46. The number of hydrogen-bond donors (Lipinski definition) is 2. The quantitative estimate of drug-likeness (QED) is 0.660. The molecule has 4 rings (SSSR count). The molecule has 0 unspecified atom stereocenters. The minimum atomic E-state index is -0.789. The number of aromatic nitrogens is 2. The molecule has 1 aromatic carbocycles. The van der Waals surface area contributed by atoms with Gasteiger partial charge in [0.25, 0.3) is 5.56 Å². The molecule has 0 saturated heterocycles. The smallest absolute Gasteiger partial charge is 0.337 e. The van der Waals surface area contributed by atoms with Crippen LogP contribution >= 0.6 is 0 Å². The van der Waals surface area contributed by atoms with Gasteiger partial charge >= 0.3 is 11.7 Å². The van der Waals surface area contributed by atoms with E-state index >= 15 is 0 Å². The molecule has 2 aliphatic heterocycles. The third-order valence-corrected chi connectivity index (χ3v) is 5.44. The van der Waals surface area contributed by atoms with E-state index in [0.717, 1.165) is 0 Å². The molecule has 10 heteroatoms. The van der Waals surface area contributed by atoms with Gasteiger partial charge in [0.05, 0.1) is 44.1 Å².